The molecular formula is C18H36. The fourth-order valence-corrected chi connectivity index (χ4v) is 1.77. The first-order valence-electron chi connectivity index (χ1n) is 8.05. The van der Waals surface area contributed by atoms with Crippen molar-refractivity contribution >= 4 is 0 Å². The molecule has 0 atom stereocenters. The Morgan fingerprint density at radius 2 is 0.944 bits per heavy atom. The molecule has 18 heavy (non-hydrogen) atoms. The maximum Gasteiger partial charge on any atom is -0.0353 e. The van der Waals surface area contributed by atoms with E-state index in [2.05, 4.69) is 27.0 Å². The Balaban J connectivity index is 0. The third-order valence-electron chi connectivity index (χ3n) is 3.02. The van der Waals surface area contributed by atoms with E-state index < -0.39 is 0 Å². The molecule has 0 radical (unpaired) electrons. The quantitative estimate of drug-likeness (QED) is 0.257. The van der Waals surface area contributed by atoms with Crippen LogP contribution in [0.4, 0.5) is 0 Å². The molecule has 0 aromatic heterocycles. The van der Waals surface area contributed by atoms with Crippen LogP contribution < -0.4 is 0 Å². The highest BCUT2D eigenvalue weighted by atomic mass is 14.0. The molecule has 0 nitrogen and oxygen atoms in total. The summed E-state index contributed by atoms with van der Waals surface area (Å²) >= 11 is 0. The largest absolute Gasteiger partial charge is 0.103 e. The van der Waals surface area contributed by atoms with Gasteiger partial charge in [-0.2, -0.15) is 0 Å². The van der Waals surface area contributed by atoms with Crippen LogP contribution in [-0.2, 0) is 0 Å². The summed E-state index contributed by atoms with van der Waals surface area (Å²) in [6.45, 7) is 11.8. The molecule has 0 heteroatoms. The first-order chi connectivity index (χ1) is 8.83. The minimum atomic E-state index is 1.18. The van der Waals surface area contributed by atoms with E-state index >= 15 is 0 Å². The third kappa shape index (κ3) is 24.6. The van der Waals surface area contributed by atoms with Crippen molar-refractivity contribution in [1.29, 1.82) is 0 Å². The van der Waals surface area contributed by atoms with E-state index in [4.69, 9.17) is 0 Å². The van der Waals surface area contributed by atoms with E-state index in [1.54, 1.807) is 0 Å². The number of allylic oxidation sites excluding steroid dienone is 2. The van der Waals surface area contributed by atoms with E-state index in [1.807, 2.05) is 12.2 Å². The van der Waals surface area contributed by atoms with E-state index in [-0.39, 0.29) is 0 Å². The van der Waals surface area contributed by atoms with Gasteiger partial charge in [0.05, 0.1) is 0 Å². The zero-order chi connectivity index (χ0) is 13.9. The average Bonchev–Trinajstić information content (AvgIpc) is 2.40. The summed E-state index contributed by atoms with van der Waals surface area (Å²) in [6.07, 6.45) is 20.2. The number of unbranched alkanes of at least 4 members (excludes halogenated alkanes) is 10. The molecule has 0 amide bonds. The lowest BCUT2D eigenvalue weighted by Gasteiger charge is -1.99. The first kappa shape index (κ1) is 19.8. The highest BCUT2D eigenvalue weighted by molar-refractivity contribution is 4.65. The molecule has 0 unspecified atom stereocenters. The lowest BCUT2D eigenvalue weighted by Crippen LogP contribution is -1.79. The van der Waals surface area contributed by atoms with Crippen LogP contribution in [0.15, 0.2) is 25.3 Å². The van der Waals surface area contributed by atoms with E-state index in [0.29, 0.717) is 0 Å². The Labute approximate surface area is 117 Å². The fourth-order valence-electron chi connectivity index (χ4n) is 1.77. The molecule has 0 spiro atoms. The van der Waals surface area contributed by atoms with E-state index in [0.717, 1.165) is 0 Å². The van der Waals surface area contributed by atoms with Crippen LogP contribution >= 0.6 is 0 Å². The van der Waals surface area contributed by atoms with Crippen molar-refractivity contribution in [3.05, 3.63) is 25.3 Å². The van der Waals surface area contributed by atoms with Crippen LogP contribution in [0.25, 0.3) is 0 Å². The third-order valence-corrected chi connectivity index (χ3v) is 3.02. The summed E-state index contributed by atoms with van der Waals surface area (Å²) in [5, 5.41) is 0. The second kappa shape index (κ2) is 21.7. The van der Waals surface area contributed by atoms with Gasteiger partial charge >= 0.3 is 0 Å². The van der Waals surface area contributed by atoms with Crippen LogP contribution in [-0.4, -0.2) is 0 Å². The van der Waals surface area contributed by atoms with Crippen molar-refractivity contribution in [2.75, 3.05) is 0 Å². The van der Waals surface area contributed by atoms with Crippen LogP contribution in [0.2, 0.25) is 0 Å². The molecule has 0 saturated heterocycles. The molecule has 0 heterocycles. The van der Waals surface area contributed by atoms with Crippen molar-refractivity contribution in [3.8, 4) is 0 Å². The molecule has 0 aliphatic rings. The molecule has 108 valence electrons. The van der Waals surface area contributed by atoms with E-state index in [9.17, 15) is 0 Å². The summed E-state index contributed by atoms with van der Waals surface area (Å²) in [5.41, 5.74) is 0. The molecular weight excluding hydrogens is 216 g/mol. The Kier molecular flexibility index (Phi) is 23.9. The average molecular weight is 252 g/mol. The maximum absolute atomic E-state index is 3.72. The minimum Gasteiger partial charge on any atom is -0.103 e. The molecule has 0 aromatic carbocycles. The van der Waals surface area contributed by atoms with Gasteiger partial charge < -0.3 is 0 Å². The normalized spacial score (nSPS) is 9.44. The van der Waals surface area contributed by atoms with Crippen molar-refractivity contribution < 1.29 is 0 Å². The minimum absolute atomic E-state index is 1.18. The van der Waals surface area contributed by atoms with Gasteiger partial charge in [-0.3, -0.25) is 0 Å². The van der Waals surface area contributed by atoms with Gasteiger partial charge in [0.1, 0.15) is 0 Å². The Hall–Kier alpha value is -0.520. The van der Waals surface area contributed by atoms with Crippen molar-refractivity contribution in [1.82, 2.24) is 0 Å². The maximum atomic E-state index is 3.72. The predicted molar refractivity (Wildman–Crippen MR) is 87.1 cm³/mol. The monoisotopic (exact) mass is 252 g/mol. The summed E-state index contributed by atoms with van der Waals surface area (Å²) in [5.74, 6) is 0. The molecule has 0 bridgehead atoms. The van der Waals surface area contributed by atoms with Gasteiger partial charge in [-0.05, 0) is 19.3 Å². The zero-order valence-electron chi connectivity index (χ0n) is 13.1. The van der Waals surface area contributed by atoms with E-state index in [1.165, 1.54) is 77.0 Å². The topological polar surface area (TPSA) is 0 Å². The van der Waals surface area contributed by atoms with Gasteiger partial charge in [-0.25, -0.2) is 0 Å². The first-order valence-corrected chi connectivity index (χ1v) is 8.05. The lowest BCUT2D eigenvalue weighted by atomic mass is 10.1. The summed E-state index contributed by atoms with van der Waals surface area (Å²) in [6, 6.07) is 0. The van der Waals surface area contributed by atoms with Gasteiger partial charge in [0.25, 0.3) is 0 Å². The van der Waals surface area contributed by atoms with Gasteiger partial charge in [0.15, 0.2) is 0 Å². The highest BCUT2D eigenvalue weighted by Crippen LogP contribution is 2.09. The molecule has 0 aromatic rings. The van der Waals surface area contributed by atoms with Crippen LogP contribution in [0.3, 0.4) is 0 Å². The second-order valence-electron chi connectivity index (χ2n) is 4.98. The molecule has 0 rings (SSSR count). The highest BCUT2D eigenvalue weighted by Gasteiger charge is 1.89. The molecule has 0 N–H and O–H groups in total. The summed E-state index contributed by atoms with van der Waals surface area (Å²) in [4.78, 5) is 0. The Bertz CT molecular complexity index is 146. The van der Waals surface area contributed by atoms with Crippen molar-refractivity contribution in [2.24, 2.45) is 0 Å². The number of hydrogen-bond acceptors (Lipinski definition) is 0. The van der Waals surface area contributed by atoms with Crippen molar-refractivity contribution in [2.45, 2.75) is 90.9 Å². The Morgan fingerprint density at radius 1 is 0.556 bits per heavy atom. The summed E-state index contributed by atoms with van der Waals surface area (Å²) < 4.78 is 0. The Morgan fingerprint density at radius 3 is 1.33 bits per heavy atom. The smallest absolute Gasteiger partial charge is 0.0353 e. The standard InChI is InChI=1S/C12H24.C6H12/c1-3-5-7-9-11-12-10-8-6-4-2;1-3-5-6-4-2/h3H,1,4-12H2,2H3;3H,1,4-6H2,2H3. The van der Waals surface area contributed by atoms with Crippen molar-refractivity contribution in [3.63, 3.8) is 0 Å². The number of hydrogen-bond donors (Lipinski definition) is 0. The van der Waals surface area contributed by atoms with Gasteiger partial charge in [-0.1, -0.05) is 83.8 Å². The SMILES string of the molecule is C=CCCCC.C=CCCCCCCCCCC. The lowest BCUT2D eigenvalue weighted by molar-refractivity contribution is 0.578. The van der Waals surface area contributed by atoms with Crippen LogP contribution in [0.5, 0.6) is 0 Å². The second-order valence-corrected chi connectivity index (χ2v) is 4.98. The molecule has 0 fully saturated rings. The molecule has 0 aliphatic heterocycles. The molecule has 0 saturated carbocycles. The fraction of sp³-hybridized carbons (Fsp3) is 0.778. The van der Waals surface area contributed by atoms with Crippen LogP contribution in [0, 0.1) is 0 Å². The zero-order valence-corrected chi connectivity index (χ0v) is 13.1. The predicted octanol–water partition coefficient (Wildman–Crippen LogP) is 7.07. The van der Waals surface area contributed by atoms with Gasteiger partial charge in [0.2, 0.25) is 0 Å². The summed E-state index contributed by atoms with van der Waals surface area (Å²) in [7, 11) is 0. The molecule has 0 aliphatic carbocycles. The van der Waals surface area contributed by atoms with Gasteiger partial charge in [-0.15, -0.1) is 13.2 Å². The van der Waals surface area contributed by atoms with Crippen LogP contribution in [0.1, 0.15) is 90.9 Å². The number of rotatable bonds is 12. The van der Waals surface area contributed by atoms with Gasteiger partial charge in [0, 0.05) is 0 Å².